The van der Waals surface area contributed by atoms with Crippen LogP contribution in [-0.2, 0) is 16.1 Å². The van der Waals surface area contributed by atoms with E-state index in [4.69, 9.17) is 0 Å². The van der Waals surface area contributed by atoms with E-state index in [1.807, 2.05) is 0 Å². The number of hydrogen-bond donors (Lipinski definition) is 2. The second kappa shape index (κ2) is 6.84. The van der Waals surface area contributed by atoms with Gasteiger partial charge in [-0.3, -0.25) is 9.59 Å². The van der Waals surface area contributed by atoms with Crippen LogP contribution in [0, 0.1) is 5.82 Å². The van der Waals surface area contributed by atoms with Gasteiger partial charge in [-0.25, -0.2) is 14.4 Å². The lowest BCUT2D eigenvalue weighted by Gasteiger charge is -2.28. The van der Waals surface area contributed by atoms with Gasteiger partial charge in [0.1, 0.15) is 5.82 Å². The number of aromatic nitrogens is 2. The normalized spacial score (nSPS) is 16.0. The van der Waals surface area contributed by atoms with Crippen molar-refractivity contribution in [3.63, 3.8) is 0 Å². The summed E-state index contributed by atoms with van der Waals surface area (Å²) < 4.78 is 13.6. The largest absolute Gasteiger partial charge is 0.357 e. The first kappa shape index (κ1) is 16.8. The van der Waals surface area contributed by atoms with Crippen LogP contribution in [-0.4, -0.2) is 40.8 Å². The van der Waals surface area contributed by atoms with Crippen LogP contribution < -0.4 is 10.6 Å². The predicted octanol–water partition coefficient (Wildman–Crippen LogP) is 1.74. The number of anilines is 2. The number of carbonyl (C=O) groups is 2. The molecular formula is C17H18FN5O2. The van der Waals surface area contributed by atoms with Crippen LogP contribution in [0.15, 0.2) is 30.6 Å². The zero-order valence-electron chi connectivity index (χ0n) is 13.9. The Bertz CT molecular complexity index is 809. The molecule has 0 saturated carbocycles. The van der Waals surface area contributed by atoms with Gasteiger partial charge in [0.25, 0.3) is 0 Å². The van der Waals surface area contributed by atoms with Crippen molar-refractivity contribution in [1.29, 1.82) is 0 Å². The van der Waals surface area contributed by atoms with Gasteiger partial charge in [0.15, 0.2) is 0 Å². The SMILES string of the molecule is CNc1ncc(CN(C)C(=O)C2CC(=O)Nc3ccc(F)cc32)cn1. The molecular weight excluding hydrogens is 325 g/mol. The number of carbonyl (C=O) groups excluding carboxylic acids is 2. The van der Waals surface area contributed by atoms with Crippen LogP contribution in [0.25, 0.3) is 0 Å². The van der Waals surface area contributed by atoms with Gasteiger partial charge in [-0.2, -0.15) is 0 Å². The van der Waals surface area contributed by atoms with Gasteiger partial charge in [-0.15, -0.1) is 0 Å². The summed E-state index contributed by atoms with van der Waals surface area (Å²) in [5.41, 5.74) is 1.74. The molecule has 8 heteroatoms. The molecule has 0 spiro atoms. The highest BCUT2D eigenvalue weighted by Crippen LogP contribution is 2.34. The molecule has 1 aromatic heterocycles. The van der Waals surface area contributed by atoms with E-state index in [2.05, 4.69) is 20.6 Å². The van der Waals surface area contributed by atoms with Crippen molar-refractivity contribution in [3.8, 4) is 0 Å². The molecule has 0 aliphatic carbocycles. The fourth-order valence-corrected chi connectivity index (χ4v) is 2.84. The minimum Gasteiger partial charge on any atom is -0.357 e. The summed E-state index contributed by atoms with van der Waals surface area (Å²) in [5.74, 6) is -1.16. The average molecular weight is 343 g/mol. The Kier molecular flexibility index (Phi) is 4.60. The molecule has 3 rings (SSSR count). The van der Waals surface area contributed by atoms with Gasteiger partial charge < -0.3 is 15.5 Å². The molecule has 130 valence electrons. The smallest absolute Gasteiger partial charge is 0.230 e. The Morgan fingerprint density at radius 3 is 2.80 bits per heavy atom. The zero-order valence-corrected chi connectivity index (χ0v) is 13.9. The number of nitrogens with one attached hydrogen (secondary N) is 2. The third kappa shape index (κ3) is 3.57. The number of hydrogen-bond acceptors (Lipinski definition) is 5. The van der Waals surface area contributed by atoms with Gasteiger partial charge >= 0.3 is 0 Å². The minimum atomic E-state index is -0.707. The first-order valence-electron chi connectivity index (χ1n) is 7.81. The summed E-state index contributed by atoms with van der Waals surface area (Å²) in [5, 5.41) is 5.49. The lowest BCUT2D eigenvalue weighted by atomic mass is 9.89. The third-order valence-electron chi connectivity index (χ3n) is 4.08. The number of halogens is 1. The molecule has 1 aromatic carbocycles. The molecule has 7 nitrogen and oxygen atoms in total. The Labute approximate surface area is 144 Å². The molecule has 1 unspecified atom stereocenters. The monoisotopic (exact) mass is 343 g/mol. The van der Waals surface area contributed by atoms with E-state index in [1.54, 1.807) is 26.5 Å². The van der Waals surface area contributed by atoms with Crippen molar-refractivity contribution < 1.29 is 14.0 Å². The molecule has 0 saturated heterocycles. The molecule has 1 aliphatic heterocycles. The highest BCUT2D eigenvalue weighted by atomic mass is 19.1. The summed E-state index contributed by atoms with van der Waals surface area (Å²) in [4.78, 5) is 34.4. The maximum absolute atomic E-state index is 13.6. The van der Waals surface area contributed by atoms with Crippen molar-refractivity contribution in [2.24, 2.45) is 0 Å². The summed E-state index contributed by atoms with van der Waals surface area (Å²) in [7, 11) is 3.36. The van der Waals surface area contributed by atoms with Gasteiger partial charge in [0.2, 0.25) is 17.8 Å². The fourth-order valence-electron chi connectivity index (χ4n) is 2.84. The number of rotatable bonds is 4. The second-order valence-electron chi connectivity index (χ2n) is 5.90. The quantitative estimate of drug-likeness (QED) is 0.883. The standard InChI is InChI=1S/C17H18FN5O2/c1-19-17-20-7-10(8-21-17)9-23(2)16(25)13-6-15(24)22-14-4-3-11(18)5-12(13)14/h3-5,7-8,13H,6,9H2,1-2H3,(H,22,24)(H,19,20,21). The van der Waals surface area contributed by atoms with E-state index >= 15 is 0 Å². The van der Waals surface area contributed by atoms with Crippen molar-refractivity contribution in [2.75, 3.05) is 24.7 Å². The van der Waals surface area contributed by atoms with Gasteiger partial charge in [-0.05, 0) is 23.8 Å². The van der Waals surface area contributed by atoms with Crippen LogP contribution in [0.5, 0.6) is 0 Å². The van der Waals surface area contributed by atoms with E-state index in [9.17, 15) is 14.0 Å². The van der Waals surface area contributed by atoms with E-state index < -0.39 is 11.7 Å². The van der Waals surface area contributed by atoms with Crippen LogP contribution in [0.1, 0.15) is 23.5 Å². The summed E-state index contributed by atoms with van der Waals surface area (Å²) >= 11 is 0. The third-order valence-corrected chi connectivity index (χ3v) is 4.08. The molecule has 1 aliphatic rings. The van der Waals surface area contributed by atoms with Crippen molar-refractivity contribution in [1.82, 2.24) is 14.9 Å². The fraction of sp³-hybridized carbons (Fsp3) is 0.294. The Balaban J connectivity index is 1.80. The number of benzene rings is 1. The Morgan fingerprint density at radius 2 is 2.12 bits per heavy atom. The topological polar surface area (TPSA) is 87.2 Å². The van der Waals surface area contributed by atoms with E-state index in [-0.39, 0.29) is 18.2 Å². The van der Waals surface area contributed by atoms with Crippen LogP contribution in [0.3, 0.4) is 0 Å². The van der Waals surface area contributed by atoms with Crippen LogP contribution in [0.4, 0.5) is 16.0 Å². The maximum Gasteiger partial charge on any atom is 0.230 e. The van der Waals surface area contributed by atoms with Gasteiger partial charge in [0.05, 0.1) is 5.92 Å². The zero-order chi connectivity index (χ0) is 18.0. The van der Waals surface area contributed by atoms with Gasteiger partial charge in [0, 0.05) is 50.7 Å². The number of nitrogens with zero attached hydrogens (tertiary/aromatic N) is 3. The van der Waals surface area contributed by atoms with Gasteiger partial charge in [-0.1, -0.05) is 0 Å². The molecule has 2 amide bonds. The molecule has 0 fully saturated rings. The Morgan fingerprint density at radius 1 is 1.40 bits per heavy atom. The molecule has 2 heterocycles. The summed E-state index contributed by atoms with van der Waals surface area (Å²) in [6, 6.07) is 4.04. The van der Waals surface area contributed by atoms with Crippen LogP contribution >= 0.6 is 0 Å². The van der Waals surface area contributed by atoms with Crippen molar-refractivity contribution >= 4 is 23.5 Å². The molecule has 25 heavy (non-hydrogen) atoms. The molecule has 0 bridgehead atoms. The summed E-state index contributed by atoms with van der Waals surface area (Å²) in [6.07, 6.45) is 3.25. The van der Waals surface area contributed by atoms with Crippen molar-refractivity contribution in [3.05, 3.63) is 47.5 Å². The first-order chi connectivity index (χ1) is 12.0. The number of fused-ring (bicyclic) bond motifs is 1. The highest BCUT2D eigenvalue weighted by molar-refractivity contribution is 6.01. The first-order valence-corrected chi connectivity index (χ1v) is 7.81. The summed E-state index contributed by atoms with van der Waals surface area (Å²) in [6.45, 7) is 0.297. The molecule has 2 N–H and O–H groups in total. The lowest BCUT2D eigenvalue weighted by molar-refractivity contribution is -0.134. The number of likely N-dealkylation sites (N-methyl/N-ethyl adjacent to an activating group) is 1. The predicted molar refractivity (Wildman–Crippen MR) is 90.4 cm³/mol. The van der Waals surface area contributed by atoms with Crippen LogP contribution in [0.2, 0.25) is 0 Å². The van der Waals surface area contributed by atoms with E-state index in [0.29, 0.717) is 23.7 Å². The molecule has 1 atom stereocenters. The average Bonchev–Trinajstić information content (AvgIpc) is 2.61. The highest BCUT2D eigenvalue weighted by Gasteiger charge is 2.32. The minimum absolute atomic E-state index is 0.00514. The van der Waals surface area contributed by atoms with Crippen molar-refractivity contribution in [2.45, 2.75) is 18.9 Å². The maximum atomic E-state index is 13.6. The molecule has 2 aromatic rings. The van der Waals surface area contributed by atoms with E-state index in [0.717, 1.165) is 5.56 Å². The number of amides is 2. The lowest BCUT2D eigenvalue weighted by Crippen LogP contribution is -2.36. The Hall–Kier alpha value is -3.03. The van der Waals surface area contributed by atoms with E-state index in [1.165, 1.54) is 23.1 Å². The molecule has 0 radical (unpaired) electrons. The second-order valence-corrected chi connectivity index (χ2v) is 5.90.